The topological polar surface area (TPSA) is 15.3 Å². The summed E-state index contributed by atoms with van der Waals surface area (Å²) in [5.74, 6) is 0. The zero-order valence-corrected chi connectivity index (χ0v) is 10.6. The molecule has 0 unspecified atom stereocenters. The summed E-state index contributed by atoms with van der Waals surface area (Å²) in [5, 5.41) is 3.41. The summed E-state index contributed by atoms with van der Waals surface area (Å²) in [6.45, 7) is 12.7. The molecule has 0 saturated carbocycles. The Bertz CT molecular complexity index is 167. The van der Waals surface area contributed by atoms with Gasteiger partial charge < -0.3 is 5.32 Å². The van der Waals surface area contributed by atoms with Gasteiger partial charge in [-0.1, -0.05) is 32.4 Å². The monoisotopic (exact) mass is 218 g/mol. The van der Waals surface area contributed by atoms with Crippen molar-refractivity contribution in [2.24, 2.45) is 0 Å². The fraction of sp³-hybridized carbons (Fsp3) is 0.818. The minimum absolute atomic E-state index is 0.568. The van der Waals surface area contributed by atoms with E-state index in [0.29, 0.717) is 6.04 Å². The molecule has 0 atom stereocenters. The van der Waals surface area contributed by atoms with E-state index >= 15 is 0 Å². The summed E-state index contributed by atoms with van der Waals surface area (Å²) in [6, 6.07) is 0.568. The molecule has 0 aromatic carbocycles. The van der Waals surface area contributed by atoms with Crippen molar-refractivity contribution in [3.05, 3.63) is 11.1 Å². The molecule has 0 radical (unpaired) electrons. The van der Waals surface area contributed by atoms with Crippen molar-refractivity contribution in [2.75, 3.05) is 26.2 Å². The highest BCUT2D eigenvalue weighted by Gasteiger charge is 2.02. The molecular weight excluding hydrogens is 196 g/mol. The van der Waals surface area contributed by atoms with E-state index in [1.165, 1.54) is 5.57 Å². The van der Waals surface area contributed by atoms with Crippen molar-refractivity contribution in [3.8, 4) is 0 Å². The molecule has 0 saturated heterocycles. The van der Waals surface area contributed by atoms with Crippen molar-refractivity contribution < 1.29 is 0 Å². The minimum atomic E-state index is 0.568. The molecule has 14 heavy (non-hydrogen) atoms. The van der Waals surface area contributed by atoms with Crippen LogP contribution in [0.2, 0.25) is 0 Å². The third kappa shape index (κ3) is 7.36. The van der Waals surface area contributed by atoms with Gasteiger partial charge in [-0.3, -0.25) is 4.90 Å². The van der Waals surface area contributed by atoms with E-state index in [2.05, 4.69) is 37.9 Å². The lowest BCUT2D eigenvalue weighted by Gasteiger charge is -2.21. The first-order chi connectivity index (χ1) is 6.60. The molecule has 0 amide bonds. The standard InChI is InChI=1S/C11H23ClN2/c1-5-14(9-11(4)8-12)7-6-13-10(2)3/h8,10,13H,5-7,9H2,1-4H3. The quantitative estimate of drug-likeness (QED) is 0.706. The Morgan fingerprint density at radius 1 is 1.50 bits per heavy atom. The van der Waals surface area contributed by atoms with Crippen LogP contribution in [0.15, 0.2) is 11.1 Å². The predicted molar refractivity (Wildman–Crippen MR) is 64.9 cm³/mol. The first-order valence-corrected chi connectivity index (χ1v) is 5.75. The molecule has 0 aromatic rings. The largest absolute Gasteiger partial charge is 0.313 e. The SMILES string of the molecule is CCN(CCNC(C)C)CC(C)=CCl. The van der Waals surface area contributed by atoms with Crippen molar-refractivity contribution in [3.63, 3.8) is 0 Å². The van der Waals surface area contributed by atoms with Gasteiger partial charge in [-0.05, 0) is 19.0 Å². The lowest BCUT2D eigenvalue weighted by molar-refractivity contribution is 0.306. The van der Waals surface area contributed by atoms with E-state index in [1.54, 1.807) is 5.54 Å². The van der Waals surface area contributed by atoms with Crippen LogP contribution in [0.3, 0.4) is 0 Å². The highest BCUT2D eigenvalue weighted by Crippen LogP contribution is 1.99. The maximum absolute atomic E-state index is 5.63. The fourth-order valence-corrected chi connectivity index (χ4v) is 1.32. The number of hydrogen-bond donors (Lipinski definition) is 1. The molecule has 0 aliphatic rings. The van der Waals surface area contributed by atoms with Crippen LogP contribution in [0.4, 0.5) is 0 Å². The number of rotatable bonds is 7. The van der Waals surface area contributed by atoms with Crippen LogP contribution in [0.5, 0.6) is 0 Å². The molecule has 1 N–H and O–H groups in total. The smallest absolute Gasteiger partial charge is 0.0202 e. The van der Waals surface area contributed by atoms with Crippen LogP contribution in [0.1, 0.15) is 27.7 Å². The van der Waals surface area contributed by atoms with Crippen molar-refractivity contribution in [2.45, 2.75) is 33.7 Å². The van der Waals surface area contributed by atoms with Gasteiger partial charge in [0, 0.05) is 31.2 Å². The van der Waals surface area contributed by atoms with E-state index in [-0.39, 0.29) is 0 Å². The van der Waals surface area contributed by atoms with Gasteiger partial charge in [0.05, 0.1) is 0 Å². The molecule has 0 aromatic heterocycles. The molecule has 0 fully saturated rings. The van der Waals surface area contributed by atoms with E-state index < -0.39 is 0 Å². The Balaban J connectivity index is 3.69. The van der Waals surface area contributed by atoms with Crippen LogP contribution in [0, 0.1) is 0 Å². The summed E-state index contributed by atoms with van der Waals surface area (Å²) in [5.41, 5.74) is 2.89. The third-order valence-corrected chi connectivity index (χ3v) is 2.46. The third-order valence-electron chi connectivity index (χ3n) is 2.09. The Morgan fingerprint density at radius 3 is 2.57 bits per heavy atom. The van der Waals surface area contributed by atoms with Crippen molar-refractivity contribution in [1.29, 1.82) is 0 Å². The number of likely N-dealkylation sites (N-methyl/N-ethyl adjacent to an activating group) is 1. The van der Waals surface area contributed by atoms with E-state index in [9.17, 15) is 0 Å². The minimum Gasteiger partial charge on any atom is -0.313 e. The van der Waals surface area contributed by atoms with Crippen LogP contribution in [-0.4, -0.2) is 37.1 Å². The van der Waals surface area contributed by atoms with E-state index in [0.717, 1.165) is 26.2 Å². The first-order valence-electron chi connectivity index (χ1n) is 5.31. The molecule has 0 spiro atoms. The predicted octanol–water partition coefficient (Wildman–Crippen LogP) is 2.45. The lowest BCUT2D eigenvalue weighted by Crippen LogP contribution is -2.35. The summed E-state index contributed by atoms with van der Waals surface area (Å²) in [4.78, 5) is 2.38. The number of nitrogens with one attached hydrogen (secondary N) is 1. The Hall–Kier alpha value is -0.0500. The maximum atomic E-state index is 5.63. The summed E-state index contributed by atoms with van der Waals surface area (Å²) >= 11 is 5.63. The molecule has 0 rings (SSSR count). The molecule has 0 aliphatic carbocycles. The van der Waals surface area contributed by atoms with Crippen molar-refractivity contribution in [1.82, 2.24) is 10.2 Å². The Morgan fingerprint density at radius 2 is 2.14 bits per heavy atom. The second-order valence-corrected chi connectivity index (χ2v) is 4.15. The lowest BCUT2D eigenvalue weighted by atomic mass is 10.3. The van der Waals surface area contributed by atoms with Gasteiger partial charge in [-0.2, -0.15) is 0 Å². The molecule has 0 aliphatic heterocycles. The van der Waals surface area contributed by atoms with Gasteiger partial charge >= 0.3 is 0 Å². The van der Waals surface area contributed by atoms with Gasteiger partial charge in [0.2, 0.25) is 0 Å². The Labute approximate surface area is 93.3 Å². The van der Waals surface area contributed by atoms with Gasteiger partial charge in [-0.15, -0.1) is 0 Å². The van der Waals surface area contributed by atoms with Crippen LogP contribution in [0.25, 0.3) is 0 Å². The average molecular weight is 219 g/mol. The first kappa shape index (κ1) is 13.9. The molecule has 0 bridgehead atoms. The van der Waals surface area contributed by atoms with E-state index in [1.807, 2.05) is 0 Å². The summed E-state index contributed by atoms with van der Waals surface area (Å²) in [7, 11) is 0. The molecule has 3 heteroatoms. The number of nitrogens with zero attached hydrogens (tertiary/aromatic N) is 1. The highest BCUT2D eigenvalue weighted by atomic mass is 35.5. The normalized spacial score (nSPS) is 12.9. The number of hydrogen-bond acceptors (Lipinski definition) is 2. The van der Waals surface area contributed by atoms with Gasteiger partial charge in [0.25, 0.3) is 0 Å². The maximum Gasteiger partial charge on any atom is 0.0202 e. The van der Waals surface area contributed by atoms with E-state index in [4.69, 9.17) is 11.6 Å². The van der Waals surface area contributed by atoms with Gasteiger partial charge in [0.1, 0.15) is 0 Å². The summed E-state index contributed by atoms with van der Waals surface area (Å²) < 4.78 is 0. The second-order valence-electron chi connectivity index (χ2n) is 3.93. The fourth-order valence-electron chi connectivity index (χ4n) is 1.25. The summed E-state index contributed by atoms with van der Waals surface area (Å²) in [6.07, 6.45) is 0. The van der Waals surface area contributed by atoms with Crippen molar-refractivity contribution >= 4 is 11.6 Å². The zero-order chi connectivity index (χ0) is 11.0. The second kappa shape index (κ2) is 8.27. The molecule has 2 nitrogen and oxygen atoms in total. The number of halogens is 1. The van der Waals surface area contributed by atoms with Crippen LogP contribution in [-0.2, 0) is 0 Å². The van der Waals surface area contributed by atoms with Gasteiger partial charge in [0.15, 0.2) is 0 Å². The Kier molecular flexibility index (Phi) is 8.24. The van der Waals surface area contributed by atoms with Crippen LogP contribution >= 0.6 is 11.6 Å². The molecule has 84 valence electrons. The van der Waals surface area contributed by atoms with Gasteiger partial charge in [-0.25, -0.2) is 0 Å². The molecule has 0 heterocycles. The average Bonchev–Trinajstić information content (AvgIpc) is 2.15. The van der Waals surface area contributed by atoms with Crippen LogP contribution < -0.4 is 5.32 Å². The molecular formula is C11H23ClN2. The zero-order valence-electron chi connectivity index (χ0n) is 9.81. The highest BCUT2D eigenvalue weighted by molar-refractivity contribution is 6.25.